The molecule has 0 spiro atoms. The van der Waals surface area contributed by atoms with Crippen molar-refractivity contribution in [2.45, 2.75) is 91.7 Å². The van der Waals surface area contributed by atoms with Crippen molar-refractivity contribution in [3.8, 4) is 67.4 Å². The molecule has 0 amide bonds. The Bertz CT molecular complexity index is 3340. The van der Waals surface area contributed by atoms with Gasteiger partial charge in [-0.05, 0) is 126 Å². The predicted octanol–water partition coefficient (Wildman–Crippen LogP) is 16.7. The molecule has 0 saturated heterocycles. The van der Waals surface area contributed by atoms with Gasteiger partial charge in [-0.15, -0.1) is 11.1 Å². The summed E-state index contributed by atoms with van der Waals surface area (Å²) >= 11 is 0. The summed E-state index contributed by atoms with van der Waals surface area (Å²) in [6.45, 7) is 25.3. The number of hydrogen-bond donors (Lipinski definition) is 2. The Labute approximate surface area is 405 Å². The lowest BCUT2D eigenvalue weighted by Crippen LogP contribution is -2.43. The van der Waals surface area contributed by atoms with Gasteiger partial charge in [-0.3, -0.25) is 0 Å². The van der Waals surface area contributed by atoms with Crippen molar-refractivity contribution in [3.63, 3.8) is 0 Å². The summed E-state index contributed by atoms with van der Waals surface area (Å²) in [5.41, 5.74) is 29.5. The molecular formula is C62H62N4Si2. The van der Waals surface area contributed by atoms with Crippen molar-refractivity contribution in [1.82, 2.24) is 19.9 Å². The summed E-state index contributed by atoms with van der Waals surface area (Å²) in [6, 6.07) is 43.7. The molecule has 0 atom stereocenters. The molecule has 2 N–H and O–H groups in total. The van der Waals surface area contributed by atoms with Crippen molar-refractivity contribution in [1.29, 1.82) is 0 Å². The Balaban J connectivity index is 1.34. The molecule has 6 heteroatoms. The third-order valence-corrected chi connectivity index (χ3v) is 20.8. The first-order valence-corrected chi connectivity index (χ1v) is 29.9. The van der Waals surface area contributed by atoms with E-state index in [2.05, 4.69) is 254 Å². The van der Waals surface area contributed by atoms with E-state index in [1.807, 2.05) is 0 Å². The molecule has 4 aromatic carbocycles. The number of aromatic nitrogens is 4. The smallest absolute Gasteiger partial charge is 0.146 e. The van der Waals surface area contributed by atoms with E-state index in [4.69, 9.17) is 9.97 Å². The van der Waals surface area contributed by atoms with Crippen LogP contribution in [0.4, 0.5) is 0 Å². The minimum absolute atomic E-state index is 0.566. The quantitative estimate of drug-likeness (QED) is 0.124. The molecule has 0 radical (unpaired) electrons. The van der Waals surface area contributed by atoms with Gasteiger partial charge in [0.05, 0.1) is 22.8 Å². The molecule has 68 heavy (non-hydrogen) atoms. The largest absolute Gasteiger partial charge is 0.354 e. The van der Waals surface area contributed by atoms with E-state index in [0.717, 1.165) is 100 Å². The lowest BCUT2D eigenvalue weighted by Gasteiger charge is -2.38. The molecule has 7 aromatic rings. The van der Waals surface area contributed by atoms with Crippen LogP contribution in [0.1, 0.15) is 86.6 Å². The molecule has 0 saturated carbocycles. The van der Waals surface area contributed by atoms with Crippen LogP contribution in [0, 0.1) is 36.8 Å². The highest BCUT2D eigenvalue weighted by molar-refractivity contribution is 6.90. The third kappa shape index (κ3) is 9.20. The average Bonchev–Trinajstić information content (AvgIpc) is 4.16. The van der Waals surface area contributed by atoms with Crippen molar-refractivity contribution in [2.75, 3.05) is 0 Å². The number of fused-ring (bicyclic) bond motifs is 8. The van der Waals surface area contributed by atoms with Crippen LogP contribution < -0.4 is 0 Å². The van der Waals surface area contributed by atoms with Crippen LogP contribution in [-0.2, 0) is 0 Å². The summed E-state index contributed by atoms with van der Waals surface area (Å²) in [5, 5.41) is 0. The molecule has 338 valence electrons. The highest BCUT2D eigenvalue weighted by Gasteiger charge is 2.41. The number of nitrogens with one attached hydrogen (secondary N) is 2. The maximum Gasteiger partial charge on any atom is 0.146 e. The van der Waals surface area contributed by atoms with E-state index in [1.165, 1.54) is 11.1 Å². The van der Waals surface area contributed by atoms with Gasteiger partial charge in [0.1, 0.15) is 16.1 Å². The minimum Gasteiger partial charge on any atom is -0.354 e. The van der Waals surface area contributed by atoms with Crippen LogP contribution in [0.3, 0.4) is 0 Å². The van der Waals surface area contributed by atoms with Gasteiger partial charge in [-0.2, -0.15) is 0 Å². The van der Waals surface area contributed by atoms with Crippen molar-refractivity contribution >= 4 is 62.5 Å². The summed E-state index contributed by atoms with van der Waals surface area (Å²) in [7, 11) is -3.45. The maximum atomic E-state index is 5.54. The van der Waals surface area contributed by atoms with Gasteiger partial charge in [0.15, 0.2) is 0 Å². The zero-order valence-electron chi connectivity index (χ0n) is 41.5. The molecule has 8 bridgehead atoms. The Morgan fingerprint density at radius 1 is 0.382 bits per heavy atom. The average molecular weight is 919 g/mol. The van der Waals surface area contributed by atoms with E-state index < -0.39 is 16.1 Å². The molecule has 4 nitrogen and oxygen atoms in total. The second kappa shape index (κ2) is 18.6. The first-order chi connectivity index (χ1) is 32.6. The number of benzene rings is 4. The van der Waals surface area contributed by atoms with E-state index in [9.17, 15) is 0 Å². The van der Waals surface area contributed by atoms with E-state index in [-0.39, 0.29) is 0 Å². The second-order valence-electron chi connectivity index (χ2n) is 20.5. The van der Waals surface area contributed by atoms with E-state index in [1.54, 1.807) is 0 Å². The van der Waals surface area contributed by atoms with Gasteiger partial charge in [-0.1, -0.05) is 157 Å². The van der Waals surface area contributed by atoms with Crippen LogP contribution in [0.15, 0.2) is 121 Å². The molecule has 5 heterocycles. The zero-order chi connectivity index (χ0) is 47.9. The van der Waals surface area contributed by atoms with Gasteiger partial charge in [0.25, 0.3) is 0 Å². The van der Waals surface area contributed by atoms with Gasteiger partial charge in [-0.25, -0.2) is 9.97 Å². The molecule has 3 aromatic heterocycles. The number of rotatable bonds is 7. The normalized spacial score (nSPS) is 12.4. The number of nitrogens with zero attached hydrogens (tertiary/aromatic N) is 2. The number of hydrogen-bond acceptors (Lipinski definition) is 2. The monoisotopic (exact) mass is 918 g/mol. The van der Waals surface area contributed by atoms with Crippen molar-refractivity contribution in [2.24, 2.45) is 0 Å². The summed E-state index contributed by atoms with van der Waals surface area (Å²) in [6.07, 6.45) is 8.66. The molecule has 0 unspecified atom stereocenters. The molecule has 0 aliphatic carbocycles. The number of H-pyrrole nitrogens is 2. The standard InChI is InChI=1S/C62H62N4Si2/c1-40(2)68(41(3)4,42(5)6)39-37-46-18-26-50(27-19-46)62-57-34-30-53(65-57)59(47-20-12-43(7)13-21-47)51-28-32-55(63-51)61(49-24-16-45(17-25-49)36-38-67(9,10)11)56-33-29-52(64-56)60(54-31-35-58(62)66-54)48-22-14-44(8)15-23-48/h12-35,40-42,63,66H,1-11H3. The fourth-order valence-corrected chi connectivity index (χ4v) is 15.9. The highest BCUT2D eigenvalue weighted by atomic mass is 28.3. The van der Waals surface area contributed by atoms with Crippen LogP contribution >= 0.6 is 0 Å². The van der Waals surface area contributed by atoms with Crippen molar-refractivity contribution in [3.05, 3.63) is 166 Å². The van der Waals surface area contributed by atoms with Crippen LogP contribution in [0.5, 0.6) is 0 Å². The van der Waals surface area contributed by atoms with Gasteiger partial charge >= 0.3 is 0 Å². The van der Waals surface area contributed by atoms with Gasteiger partial charge in [0.2, 0.25) is 0 Å². The summed E-state index contributed by atoms with van der Waals surface area (Å²) in [4.78, 5) is 18.9. The van der Waals surface area contributed by atoms with Gasteiger partial charge in [0, 0.05) is 55.4 Å². The molecule has 2 aliphatic heterocycles. The Morgan fingerprint density at radius 2 is 0.662 bits per heavy atom. The Morgan fingerprint density at radius 3 is 0.941 bits per heavy atom. The highest BCUT2D eigenvalue weighted by Crippen LogP contribution is 2.42. The zero-order valence-corrected chi connectivity index (χ0v) is 43.5. The molecule has 0 fully saturated rings. The maximum absolute atomic E-state index is 5.54. The summed E-state index contributed by atoms with van der Waals surface area (Å²) < 4.78 is 0. The van der Waals surface area contributed by atoms with Crippen LogP contribution in [0.25, 0.3) is 90.9 Å². The fourth-order valence-electron chi connectivity index (χ4n) is 10.2. The van der Waals surface area contributed by atoms with Crippen molar-refractivity contribution < 1.29 is 0 Å². The first-order valence-electron chi connectivity index (χ1n) is 24.2. The number of aryl methyl sites for hydroxylation is 2. The molecular weight excluding hydrogens is 857 g/mol. The summed E-state index contributed by atoms with van der Waals surface area (Å²) in [5.74, 6) is 7.12. The Hall–Kier alpha value is -6.97. The second-order valence-corrected chi connectivity index (χ2v) is 30.9. The lowest BCUT2D eigenvalue weighted by molar-refractivity contribution is 0.838. The number of aromatic amines is 2. The molecule has 9 rings (SSSR count). The van der Waals surface area contributed by atoms with Crippen LogP contribution in [-0.4, -0.2) is 36.1 Å². The minimum atomic E-state index is -1.91. The lowest BCUT2D eigenvalue weighted by atomic mass is 10.0. The first kappa shape index (κ1) is 46.2. The Kier molecular flexibility index (Phi) is 12.6. The SMILES string of the molecule is Cc1ccc(-c2c3nc(c(-c4ccc(C#C[Si](C(C)C)(C(C)C)C(C)C)cc4)c4ccc([nH]4)c(-c4ccc(C)cc4)c4nc(c(-c5ccc(C#C[Si](C)(C)C)cc5)c5ccc2[nH]5)C=C4)C=C3)cc1. The fraction of sp³-hybridized carbons (Fsp3) is 0.226. The predicted molar refractivity (Wildman–Crippen MR) is 298 cm³/mol. The molecule has 2 aliphatic rings. The van der Waals surface area contributed by atoms with E-state index in [0.29, 0.717) is 16.6 Å². The van der Waals surface area contributed by atoms with E-state index >= 15 is 0 Å². The third-order valence-electron chi connectivity index (χ3n) is 13.7. The van der Waals surface area contributed by atoms with Gasteiger partial charge < -0.3 is 9.97 Å². The topological polar surface area (TPSA) is 57.4 Å². The van der Waals surface area contributed by atoms with Crippen LogP contribution in [0.2, 0.25) is 36.3 Å².